The van der Waals surface area contributed by atoms with E-state index >= 15 is 0 Å². The third kappa shape index (κ3) is 7.43. The molecule has 0 unspecified atom stereocenters. The molecule has 0 aromatic heterocycles. The number of hydrogen-bond donors (Lipinski definition) is 2. The molecule has 0 heterocycles. The van der Waals surface area contributed by atoms with Crippen molar-refractivity contribution < 1.29 is 28.6 Å². The second kappa shape index (κ2) is 12.5. The maximum absolute atomic E-state index is 12.1. The first-order valence-electron chi connectivity index (χ1n) is 10.6. The van der Waals surface area contributed by atoms with Crippen LogP contribution in [0.5, 0.6) is 11.5 Å². The minimum absolute atomic E-state index is 0.234. The number of carbonyl (C=O) groups is 3. The molecule has 0 aliphatic rings. The Hall–Kier alpha value is -4.66. The van der Waals surface area contributed by atoms with Crippen LogP contribution in [-0.2, 0) is 16.1 Å². The van der Waals surface area contributed by atoms with E-state index in [2.05, 4.69) is 15.8 Å². The molecule has 0 spiro atoms. The summed E-state index contributed by atoms with van der Waals surface area (Å²) in [4.78, 5) is 35.7. The van der Waals surface area contributed by atoms with E-state index in [1.807, 2.05) is 12.1 Å². The minimum atomic E-state index is -0.479. The Labute approximate surface area is 202 Å². The predicted octanol–water partition coefficient (Wildman–Crippen LogP) is 2.94. The van der Waals surface area contributed by atoms with Gasteiger partial charge >= 0.3 is 5.97 Å². The normalized spacial score (nSPS) is 10.5. The second-order valence-corrected chi connectivity index (χ2v) is 7.22. The summed E-state index contributed by atoms with van der Waals surface area (Å²) in [6.07, 6.45) is 1.46. The second-order valence-electron chi connectivity index (χ2n) is 7.22. The summed E-state index contributed by atoms with van der Waals surface area (Å²) in [5.41, 5.74) is 4.76. The van der Waals surface area contributed by atoms with Gasteiger partial charge in [-0.05, 0) is 54.1 Å². The van der Waals surface area contributed by atoms with Gasteiger partial charge in [0.15, 0.2) is 0 Å². The van der Waals surface area contributed by atoms with E-state index in [4.69, 9.17) is 14.2 Å². The molecule has 0 aliphatic heterocycles. The van der Waals surface area contributed by atoms with Crippen LogP contribution in [0.1, 0.15) is 31.8 Å². The summed E-state index contributed by atoms with van der Waals surface area (Å²) in [5.74, 6) is -0.0663. The van der Waals surface area contributed by atoms with Gasteiger partial charge in [0.2, 0.25) is 0 Å². The van der Waals surface area contributed by atoms with Crippen molar-refractivity contribution in [2.24, 2.45) is 5.10 Å². The molecule has 35 heavy (non-hydrogen) atoms. The van der Waals surface area contributed by atoms with E-state index in [9.17, 15) is 14.4 Å². The standard InChI is InChI=1S/C26H25N3O6/c1-33-22-13-11-19(12-14-22)25(31)27-16-24(30)29-28-15-21-5-3-4-6-23(21)35-17-18-7-9-20(10-8-18)26(32)34-2/h3-15H,16-17H2,1-2H3,(H,27,31)(H,29,30)/b28-15+. The maximum atomic E-state index is 12.1. The van der Waals surface area contributed by atoms with Gasteiger partial charge in [0, 0.05) is 11.1 Å². The highest BCUT2D eigenvalue weighted by Crippen LogP contribution is 2.18. The molecule has 3 aromatic carbocycles. The zero-order chi connectivity index (χ0) is 25.0. The highest BCUT2D eigenvalue weighted by molar-refractivity contribution is 5.96. The molecule has 0 saturated heterocycles. The summed E-state index contributed by atoms with van der Waals surface area (Å²) >= 11 is 0. The first-order chi connectivity index (χ1) is 17.0. The van der Waals surface area contributed by atoms with Crippen LogP contribution in [-0.4, -0.2) is 44.8 Å². The van der Waals surface area contributed by atoms with Crippen LogP contribution in [0.25, 0.3) is 0 Å². The van der Waals surface area contributed by atoms with Crippen LogP contribution in [0.2, 0.25) is 0 Å². The molecular formula is C26H25N3O6. The number of amides is 2. The van der Waals surface area contributed by atoms with Gasteiger partial charge in [-0.25, -0.2) is 10.2 Å². The van der Waals surface area contributed by atoms with Gasteiger partial charge in [-0.15, -0.1) is 0 Å². The lowest BCUT2D eigenvalue weighted by Crippen LogP contribution is -2.34. The van der Waals surface area contributed by atoms with Crippen LogP contribution in [0.15, 0.2) is 77.9 Å². The summed E-state index contributed by atoms with van der Waals surface area (Å²) in [6, 6.07) is 20.6. The van der Waals surface area contributed by atoms with Gasteiger partial charge in [-0.3, -0.25) is 9.59 Å². The Kier molecular flexibility index (Phi) is 8.95. The topological polar surface area (TPSA) is 115 Å². The molecule has 0 bridgehead atoms. The van der Waals surface area contributed by atoms with Crippen LogP contribution in [0.3, 0.4) is 0 Å². The molecule has 0 fully saturated rings. The summed E-state index contributed by atoms with van der Waals surface area (Å²) in [5, 5.41) is 6.48. The summed E-state index contributed by atoms with van der Waals surface area (Å²) in [7, 11) is 2.87. The van der Waals surface area contributed by atoms with E-state index in [-0.39, 0.29) is 19.1 Å². The molecule has 0 radical (unpaired) electrons. The molecule has 0 saturated carbocycles. The predicted molar refractivity (Wildman–Crippen MR) is 130 cm³/mol. The Bertz CT molecular complexity index is 1190. The highest BCUT2D eigenvalue weighted by Gasteiger charge is 2.08. The van der Waals surface area contributed by atoms with Gasteiger partial charge in [-0.1, -0.05) is 24.3 Å². The van der Waals surface area contributed by atoms with Gasteiger partial charge < -0.3 is 19.5 Å². The van der Waals surface area contributed by atoms with Gasteiger partial charge in [0.05, 0.1) is 32.5 Å². The first-order valence-corrected chi connectivity index (χ1v) is 10.6. The largest absolute Gasteiger partial charge is 0.497 e. The van der Waals surface area contributed by atoms with Gasteiger partial charge in [-0.2, -0.15) is 5.10 Å². The lowest BCUT2D eigenvalue weighted by molar-refractivity contribution is -0.120. The third-order valence-electron chi connectivity index (χ3n) is 4.84. The monoisotopic (exact) mass is 475 g/mol. The molecule has 9 heteroatoms. The molecule has 180 valence electrons. The van der Waals surface area contributed by atoms with E-state index in [0.29, 0.717) is 28.2 Å². The van der Waals surface area contributed by atoms with Gasteiger partial charge in [0.25, 0.3) is 11.8 Å². The lowest BCUT2D eigenvalue weighted by atomic mass is 10.1. The van der Waals surface area contributed by atoms with Crippen molar-refractivity contribution >= 4 is 24.0 Å². The molecule has 2 amide bonds. The highest BCUT2D eigenvalue weighted by atomic mass is 16.5. The number of hydrogen-bond acceptors (Lipinski definition) is 7. The average Bonchev–Trinajstić information content (AvgIpc) is 2.91. The molecule has 0 atom stereocenters. The number of methoxy groups -OCH3 is 2. The number of hydrazone groups is 1. The van der Waals surface area contributed by atoms with Crippen molar-refractivity contribution in [2.75, 3.05) is 20.8 Å². The SMILES string of the molecule is COC(=O)c1ccc(COc2ccccc2/C=N/NC(=O)CNC(=O)c2ccc(OC)cc2)cc1. The zero-order valence-electron chi connectivity index (χ0n) is 19.3. The van der Waals surface area contributed by atoms with E-state index in [1.165, 1.54) is 20.4 Å². The van der Waals surface area contributed by atoms with Crippen molar-refractivity contribution in [3.8, 4) is 11.5 Å². The first kappa shape index (κ1) is 25.0. The van der Waals surface area contributed by atoms with E-state index in [1.54, 1.807) is 60.7 Å². The van der Waals surface area contributed by atoms with Crippen molar-refractivity contribution in [1.29, 1.82) is 0 Å². The number of ether oxygens (including phenoxy) is 3. The van der Waals surface area contributed by atoms with Crippen LogP contribution in [0, 0.1) is 0 Å². The molecule has 3 aromatic rings. The van der Waals surface area contributed by atoms with Crippen LogP contribution in [0.4, 0.5) is 0 Å². The van der Waals surface area contributed by atoms with Crippen molar-refractivity contribution in [2.45, 2.75) is 6.61 Å². The number of nitrogens with one attached hydrogen (secondary N) is 2. The molecule has 0 aliphatic carbocycles. The quantitative estimate of drug-likeness (QED) is 0.265. The number of para-hydroxylation sites is 1. The maximum Gasteiger partial charge on any atom is 0.337 e. The fourth-order valence-electron chi connectivity index (χ4n) is 2.95. The summed E-state index contributed by atoms with van der Waals surface area (Å²) < 4.78 is 15.6. The lowest BCUT2D eigenvalue weighted by Gasteiger charge is -2.09. The fourth-order valence-corrected chi connectivity index (χ4v) is 2.95. The fraction of sp³-hybridized carbons (Fsp3) is 0.154. The Morgan fingerprint density at radius 1 is 0.886 bits per heavy atom. The zero-order valence-corrected chi connectivity index (χ0v) is 19.3. The Morgan fingerprint density at radius 3 is 2.26 bits per heavy atom. The number of nitrogens with zero attached hydrogens (tertiary/aromatic N) is 1. The summed E-state index contributed by atoms with van der Waals surface area (Å²) in [6.45, 7) is 0.0397. The smallest absolute Gasteiger partial charge is 0.337 e. The minimum Gasteiger partial charge on any atom is -0.497 e. The van der Waals surface area contributed by atoms with E-state index < -0.39 is 11.9 Å². The number of esters is 1. The molecule has 3 rings (SSSR count). The number of benzene rings is 3. The molecule has 2 N–H and O–H groups in total. The van der Waals surface area contributed by atoms with Crippen LogP contribution < -0.4 is 20.2 Å². The van der Waals surface area contributed by atoms with Crippen molar-refractivity contribution in [3.63, 3.8) is 0 Å². The number of carbonyl (C=O) groups excluding carboxylic acids is 3. The average molecular weight is 476 g/mol. The number of rotatable bonds is 10. The van der Waals surface area contributed by atoms with Gasteiger partial charge in [0.1, 0.15) is 18.1 Å². The van der Waals surface area contributed by atoms with E-state index in [0.717, 1.165) is 5.56 Å². The Balaban J connectivity index is 1.49. The third-order valence-corrected chi connectivity index (χ3v) is 4.84. The Morgan fingerprint density at radius 2 is 1.57 bits per heavy atom. The van der Waals surface area contributed by atoms with Crippen LogP contribution >= 0.6 is 0 Å². The van der Waals surface area contributed by atoms with Crippen molar-refractivity contribution in [3.05, 3.63) is 95.1 Å². The molecule has 9 nitrogen and oxygen atoms in total. The van der Waals surface area contributed by atoms with Crippen molar-refractivity contribution in [1.82, 2.24) is 10.7 Å². The molecular weight excluding hydrogens is 450 g/mol.